The standard InChI is InChI=1S/C19H22F3N5O3/c1-12(10-27-7-6-23-11-27)24-18(29)26-15-5-4-13(9-14(15)19(20,21)22)25-17(28)16-3-2-8-30-16/h4-7,9,11-12,16H,2-3,8,10H2,1H3,(H,25,28)(H2,24,26,29)/t12-,16+/m0/s1. The van der Waals surface area contributed by atoms with Gasteiger partial charge < -0.3 is 25.3 Å². The van der Waals surface area contributed by atoms with Crippen molar-refractivity contribution in [3.05, 3.63) is 42.5 Å². The maximum atomic E-state index is 13.5. The average Bonchev–Trinajstić information content (AvgIpc) is 3.35. The molecule has 0 unspecified atom stereocenters. The van der Waals surface area contributed by atoms with Crippen LogP contribution in [0.15, 0.2) is 36.9 Å². The number of benzene rings is 1. The minimum Gasteiger partial charge on any atom is -0.368 e. The molecule has 0 saturated carbocycles. The largest absolute Gasteiger partial charge is 0.418 e. The predicted octanol–water partition coefficient (Wildman–Crippen LogP) is 3.23. The summed E-state index contributed by atoms with van der Waals surface area (Å²) < 4.78 is 47.5. The van der Waals surface area contributed by atoms with Gasteiger partial charge in [0.25, 0.3) is 5.91 Å². The van der Waals surface area contributed by atoms with Crippen molar-refractivity contribution in [2.24, 2.45) is 0 Å². The van der Waals surface area contributed by atoms with Gasteiger partial charge >= 0.3 is 12.2 Å². The van der Waals surface area contributed by atoms with Crippen molar-refractivity contribution in [3.63, 3.8) is 0 Å². The maximum Gasteiger partial charge on any atom is 0.418 e. The van der Waals surface area contributed by atoms with Crippen LogP contribution in [0.2, 0.25) is 0 Å². The van der Waals surface area contributed by atoms with E-state index in [2.05, 4.69) is 20.9 Å². The SMILES string of the molecule is C[C@@H](Cn1ccnc1)NC(=O)Nc1ccc(NC(=O)[C@H]2CCCO2)cc1C(F)(F)F. The third-order valence-corrected chi connectivity index (χ3v) is 4.48. The second kappa shape index (κ2) is 9.16. The van der Waals surface area contributed by atoms with E-state index in [1.165, 1.54) is 6.07 Å². The molecule has 1 aliphatic rings. The molecule has 2 atom stereocenters. The lowest BCUT2D eigenvalue weighted by Crippen LogP contribution is -2.38. The zero-order valence-electron chi connectivity index (χ0n) is 16.2. The van der Waals surface area contributed by atoms with E-state index in [0.29, 0.717) is 19.6 Å². The molecule has 2 aromatic rings. The molecular formula is C19H22F3N5O3. The number of imidazole rings is 1. The lowest BCUT2D eigenvalue weighted by Gasteiger charge is -2.19. The Hall–Kier alpha value is -3.08. The Labute approximate surface area is 170 Å². The monoisotopic (exact) mass is 425 g/mol. The minimum atomic E-state index is -4.73. The van der Waals surface area contributed by atoms with Crippen LogP contribution in [-0.4, -0.2) is 40.2 Å². The number of ether oxygens (including phenoxy) is 1. The van der Waals surface area contributed by atoms with Crippen molar-refractivity contribution in [2.45, 2.75) is 44.6 Å². The van der Waals surface area contributed by atoms with E-state index in [1.807, 2.05) is 0 Å². The highest BCUT2D eigenvalue weighted by molar-refractivity contribution is 5.95. The first-order chi connectivity index (χ1) is 14.2. The van der Waals surface area contributed by atoms with Gasteiger partial charge in [-0.15, -0.1) is 0 Å². The zero-order valence-corrected chi connectivity index (χ0v) is 16.2. The van der Waals surface area contributed by atoms with Crippen LogP contribution in [0.1, 0.15) is 25.3 Å². The zero-order chi connectivity index (χ0) is 21.7. The fourth-order valence-corrected chi connectivity index (χ4v) is 3.11. The van der Waals surface area contributed by atoms with Crippen LogP contribution in [0.25, 0.3) is 0 Å². The van der Waals surface area contributed by atoms with Crippen molar-refractivity contribution in [1.29, 1.82) is 0 Å². The second-order valence-corrected chi connectivity index (χ2v) is 7.01. The van der Waals surface area contributed by atoms with Crippen LogP contribution < -0.4 is 16.0 Å². The summed E-state index contributed by atoms with van der Waals surface area (Å²) in [5.41, 5.74) is -1.50. The summed E-state index contributed by atoms with van der Waals surface area (Å²) in [4.78, 5) is 28.1. The summed E-state index contributed by atoms with van der Waals surface area (Å²) in [5.74, 6) is -0.493. The number of nitrogens with zero attached hydrogens (tertiary/aromatic N) is 2. The van der Waals surface area contributed by atoms with Gasteiger partial charge in [-0.1, -0.05) is 0 Å². The van der Waals surface area contributed by atoms with Gasteiger partial charge in [0.15, 0.2) is 0 Å². The van der Waals surface area contributed by atoms with E-state index in [4.69, 9.17) is 4.74 Å². The third-order valence-electron chi connectivity index (χ3n) is 4.48. The van der Waals surface area contributed by atoms with E-state index in [1.54, 1.807) is 30.2 Å². The number of alkyl halides is 3. The number of hydrogen-bond donors (Lipinski definition) is 3. The molecule has 3 N–H and O–H groups in total. The normalized spacial score (nSPS) is 17.4. The van der Waals surface area contributed by atoms with Crippen molar-refractivity contribution < 1.29 is 27.5 Å². The smallest absolute Gasteiger partial charge is 0.368 e. The Bertz CT molecular complexity index is 880. The van der Waals surface area contributed by atoms with Crippen LogP contribution in [0.3, 0.4) is 0 Å². The fourth-order valence-electron chi connectivity index (χ4n) is 3.11. The van der Waals surface area contributed by atoms with E-state index >= 15 is 0 Å². The van der Waals surface area contributed by atoms with Crippen molar-refractivity contribution in [3.8, 4) is 0 Å². The molecule has 1 aromatic carbocycles. The molecule has 162 valence electrons. The number of hydrogen-bond acceptors (Lipinski definition) is 4. The van der Waals surface area contributed by atoms with Crippen LogP contribution in [0.4, 0.5) is 29.3 Å². The molecule has 1 aliphatic heterocycles. The van der Waals surface area contributed by atoms with Gasteiger partial charge in [-0.25, -0.2) is 9.78 Å². The molecule has 0 spiro atoms. The Morgan fingerprint density at radius 1 is 1.33 bits per heavy atom. The second-order valence-electron chi connectivity index (χ2n) is 7.01. The van der Waals surface area contributed by atoms with Gasteiger partial charge in [0, 0.05) is 37.3 Å². The Balaban J connectivity index is 1.67. The lowest BCUT2D eigenvalue weighted by atomic mass is 10.1. The molecule has 1 aromatic heterocycles. The summed E-state index contributed by atoms with van der Waals surface area (Å²) in [7, 11) is 0. The highest BCUT2D eigenvalue weighted by Gasteiger charge is 2.35. The maximum absolute atomic E-state index is 13.5. The van der Waals surface area contributed by atoms with Gasteiger partial charge in [0.05, 0.1) is 17.6 Å². The number of urea groups is 1. The van der Waals surface area contributed by atoms with Crippen LogP contribution >= 0.6 is 0 Å². The van der Waals surface area contributed by atoms with Crippen molar-refractivity contribution >= 4 is 23.3 Å². The molecule has 8 nitrogen and oxygen atoms in total. The van der Waals surface area contributed by atoms with Gasteiger partial charge in [-0.05, 0) is 38.0 Å². The number of halogens is 3. The Morgan fingerprint density at radius 3 is 2.77 bits per heavy atom. The number of amides is 3. The topological polar surface area (TPSA) is 97.3 Å². The van der Waals surface area contributed by atoms with Gasteiger partial charge in [0.2, 0.25) is 0 Å². The summed E-state index contributed by atoms with van der Waals surface area (Å²) in [6, 6.07) is 2.07. The quantitative estimate of drug-likeness (QED) is 0.662. The molecule has 0 bridgehead atoms. The highest BCUT2D eigenvalue weighted by atomic mass is 19.4. The highest BCUT2D eigenvalue weighted by Crippen LogP contribution is 2.36. The van der Waals surface area contributed by atoms with Gasteiger partial charge in [-0.3, -0.25) is 4.79 Å². The minimum absolute atomic E-state index is 0.0257. The lowest BCUT2D eigenvalue weighted by molar-refractivity contribution is -0.137. The van der Waals surface area contributed by atoms with Crippen LogP contribution in [0.5, 0.6) is 0 Å². The molecule has 2 heterocycles. The fraction of sp³-hybridized carbons (Fsp3) is 0.421. The van der Waals surface area contributed by atoms with E-state index in [-0.39, 0.29) is 11.7 Å². The predicted molar refractivity (Wildman–Crippen MR) is 103 cm³/mol. The number of aromatic nitrogens is 2. The van der Waals surface area contributed by atoms with Crippen molar-refractivity contribution in [2.75, 3.05) is 17.2 Å². The summed E-state index contributed by atoms with van der Waals surface area (Å²) in [6.07, 6.45) is 0.720. The first kappa shape index (κ1) is 21.6. The molecular weight excluding hydrogens is 403 g/mol. The summed E-state index contributed by atoms with van der Waals surface area (Å²) in [5, 5.41) is 7.24. The van der Waals surface area contributed by atoms with Gasteiger partial charge in [0.1, 0.15) is 6.10 Å². The van der Waals surface area contributed by atoms with E-state index < -0.39 is 35.5 Å². The summed E-state index contributed by atoms with van der Waals surface area (Å²) in [6.45, 7) is 2.57. The van der Waals surface area contributed by atoms with E-state index in [9.17, 15) is 22.8 Å². The number of anilines is 2. The van der Waals surface area contributed by atoms with Crippen LogP contribution in [0, 0.1) is 0 Å². The van der Waals surface area contributed by atoms with Gasteiger partial charge in [-0.2, -0.15) is 13.2 Å². The molecule has 3 amide bonds. The first-order valence-corrected chi connectivity index (χ1v) is 9.39. The molecule has 1 fully saturated rings. The Morgan fingerprint density at radius 2 is 2.13 bits per heavy atom. The Kier molecular flexibility index (Phi) is 6.60. The number of carbonyl (C=O) groups excluding carboxylic acids is 2. The van der Waals surface area contributed by atoms with E-state index in [0.717, 1.165) is 18.6 Å². The average molecular weight is 425 g/mol. The molecule has 3 rings (SSSR count). The first-order valence-electron chi connectivity index (χ1n) is 9.39. The molecule has 0 aliphatic carbocycles. The molecule has 1 saturated heterocycles. The van der Waals surface area contributed by atoms with Crippen molar-refractivity contribution in [1.82, 2.24) is 14.9 Å². The van der Waals surface area contributed by atoms with Crippen LogP contribution in [-0.2, 0) is 22.3 Å². The number of carbonyl (C=O) groups is 2. The molecule has 30 heavy (non-hydrogen) atoms. The third kappa shape index (κ3) is 5.72. The number of nitrogens with one attached hydrogen (secondary N) is 3. The summed E-state index contributed by atoms with van der Waals surface area (Å²) >= 11 is 0. The molecule has 11 heteroatoms. The number of rotatable bonds is 6. The molecule has 0 radical (unpaired) electrons.